The largest absolute Gasteiger partial charge is 0.370 e. The van der Waals surface area contributed by atoms with Crippen molar-refractivity contribution in [3.8, 4) is 0 Å². The molecule has 0 spiro atoms. The molecule has 1 aromatic carbocycles. The Bertz CT molecular complexity index is 687. The van der Waals surface area contributed by atoms with Crippen molar-refractivity contribution < 1.29 is 4.79 Å². The Morgan fingerprint density at radius 3 is 2.86 bits per heavy atom. The first kappa shape index (κ1) is 15.1. The lowest BCUT2D eigenvalue weighted by Gasteiger charge is -2.12. The van der Waals surface area contributed by atoms with Crippen LogP contribution in [0.25, 0.3) is 10.9 Å². The van der Waals surface area contributed by atoms with Crippen LogP contribution in [0.2, 0.25) is 0 Å². The average Bonchev–Trinajstić information content (AvgIpc) is 3.31. The second-order valence-corrected chi connectivity index (χ2v) is 6.75. The summed E-state index contributed by atoms with van der Waals surface area (Å²) in [4.78, 5) is 21.2. The SMILES string of the molecule is CCNc1nc(S[C@H](C)C(=O)NC2CC2)nc2ccccc12. The fourth-order valence-corrected chi connectivity index (χ4v) is 2.95. The molecule has 3 rings (SSSR count). The number of nitrogens with zero attached hydrogens (tertiary/aromatic N) is 2. The van der Waals surface area contributed by atoms with E-state index in [1.165, 1.54) is 11.8 Å². The molecule has 0 bridgehead atoms. The maximum absolute atomic E-state index is 12.1. The van der Waals surface area contributed by atoms with E-state index in [1.54, 1.807) is 0 Å². The van der Waals surface area contributed by atoms with Crippen LogP contribution in [0.1, 0.15) is 26.7 Å². The first-order chi connectivity index (χ1) is 10.7. The molecule has 1 amide bonds. The van der Waals surface area contributed by atoms with Gasteiger partial charge in [-0.2, -0.15) is 0 Å². The number of nitrogens with one attached hydrogen (secondary N) is 2. The Labute approximate surface area is 134 Å². The number of aromatic nitrogens is 2. The van der Waals surface area contributed by atoms with E-state index in [0.29, 0.717) is 11.2 Å². The van der Waals surface area contributed by atoms with Crippen LogP contribution in [0.3, 0.4) is 0 Å². The van der Waals surface area contributed by atoms with Gasteiger partial charge in [0.2, 0.25) is 5.91 Å². The van der Waals surface area contributed by atoms with Crippen molar-refractivity contribution in [2.24, 2.45) is 0 Å². The quantitative estimate of drug-likeness (QED) is 0.633. The number of hydrogen-bond donors (Lipinski definition) is 2. The van der Waals surface area contributed by atoms with E-state index in [9.17, 15) is 4.79 Å². The van der Waals surface area contributed by atoms with Crippen LogP contribution < -0.4 is 10.6 Å². The van der Waals surface area contributed by atoms with Gasteiger partial charge in [-0.05, 0) is 38.8 Å². The van der Waals surface area contributed by atoms with Gasteiger partial charge in [0.05, 0.1) is 10.8 Å². The second kappa shape index (κ2) is 6.52. The van der Waals surface area contributed by atoms with E-state index >= 15 is 0 Å². The molecule has 5 nitrogen and oxygen atoms in total. The van der Waals surface area contributed by atoms with Gasteiger partial charge in [0.25, 0.3) is 0 Å². The van der Waals surface area contributed by atoms with Gasteiger partial charge in [0.15, 0.2) is 5.16 Å². The van der Waals surface area contributed by atoms with Gasteiger partial charge in [0.1, 0.15) is 5.82 Å². The number of thioether (sulfide) groups is 1. The van der Waals surface area contributed by atoms with E-state index in [1.807, 2.05) is 38.1 Å². The summed E-state index contributed by atoms with van der Waals surface area (Å²) in [6, 6.07) is 8.29. The van der Waals surface area contributed by atoms with Crippen molar-refractivity contribution in [1.29, 1.82) is 0 Å². The molecule has 22 heavy (non-hydrogen) atoms. The molecule has 116 valence electrons. The number of benzene rings is 1. The minimum Gasteiger partial charge on any atom is -0.370 e. The van der Waals surface area contributed by atoms with Gasteiger partial charge in [0, 0.05) is 18.0 Å². The lowest BCUT2D eigenvalue weighted by molar-refractivity contribution is -0.120. The first-order valence-corrected chi connectivity index (χ1v) is 8.53. The molecule has 0 unspecified atom stereocenters. The van der Waals surface area contributed by atoms with Gasteiger partial charge in [-0.1, -0.05) is 23.9 Å². The molecule has 0 saturated heterocycles. The molecule has 2 aromatic rings. The number of amides is 1. The summed E-state index contributed by atoms with van der Waals surface area (Å²) in [5.41, 5.74) is 0.894. The van der Waals surface area contributed by atoms with Gasteiger partial charge in [-0.15, -0.1) is 0 Å². The van der Waals surface area contributed by atoms with Crippen LogP contribution in [0.5, 0.6) is 0 Å². The van der Waals surface area contributed by atoms with Crippen LogP contribution in [0.15, 0.2) is 29.4 Å². The van der Waals surface area contributed by atoms with Crippen LogP contribution in [0.4, 0.5) is 5.82 Å². The monoisotopic (exact) mass is 316 g/mol. The third-order valence-electron chi connectivity index (χ3n) is 3.50. The molecule has 2 N–H and O–H groups in total. The lowest BCUT2D eigenvalue weighted by Crippen LogP contribution is -2.32. The van der Waals surface area contributed by atoms with Crippen LogP contribution in [0, 0.1) is 0 Å². The number of carbonyl (C=O) groups is 1. The van der Waals surface area contributed by atoms with Gasteiger partial charge in [-0.25, -0.2) is 9.97 Å². The predicted octanol–water partition coefficient (Wildman–Crippen LogP) is 2.82. The molecule has 1 aromatic heterocycles. The molecule has 1 fully saturated rings. The normalized spacial score (nSPS) is 15.5. The van der Waals surface area contributed by atoms with Crippen LogP contribution in [-0.4, -0.2) is 33.7 Å². The van der Waals surface area contributed by atoms with Gasteiger partial charge >= 0.3 is 0 Å². The second-order valence-electron chi connectivity index (χ2n) is 5.45. The zero-order chi connectivity index (χ0) is 15.5. The van der Waals surface area contributed by atoms with Gasteiger partial charge in [-0.3, -0.25) is 4.79 Å². The standard InChI is InChI=1S/C16H20N4OS/c1-3-17-14-12-6-4-5-7-13(12)19-16(20-14)22-10(2)15(21)18-11-8-9-11/h4-7,10-11H,3,8-9H2,1-2H3,(H,18,21)(H,17,19,20)/t10-/m1/s1. The highest BCUT2D eigenvalue weighted by Crippen LogP contribution is 2.27. The summed E-state index contributed by atoms with van der Waals surface area (Å²) in [6.45, 7) is 4.73. The lowest BCUT2D eigenvalue weighted by atomic mass is 10.2. The highest BCUT2D eigenvalue weighted by Gasteiger charge is 2.26. The van der Waals surface area contributed by atoms with Crippen molar-refractivity contribution in [2.75, 3.05) is 11.9 Å². The number of para-hydroxylation sites is 1. The summed E-state index contributed by atoms with van der Waals surface area (Å²) in [7, 11) is 0. The Balaban J connectivity index is 1.81. The van der Waals surface area contributed by atoms with Crippen LogP contribution >= 0.6 is 11.8 Å². The van der Waals surface area contributed by atoms with E-state index < -0.39 is 0 Å². The Hall–Kier alpha value is -1.82. The molecular weight excluding hydrogens is 296 g/mol. The fraction of sp³-hybridized carbons (Fsp3) is 0.438. The Kier molecular flexibility index (Phi) is 4.47. The average molecular weight is 316 g/mol. The number of fused-ring (bicyclic) bond motifs is 1. The van der Waals surface area contributed by atoms with E-state index in [2.05, 4.69) is 20.6 Å². The van der Waals surface area contributed by atoms with Gasteiger partial charge < -0.3 is 10.6 Å². The highest BCUT2D eigenvalue weighted by molar-refractivity contribution is 8.00. The van der Waals surface area contributed by atoms with Crippen molar-refractivity contribution >= 4 is 34.4 Å². The molecule has 1 aliphatic carbocycles. The number of carbonyl (C=O) groups excluding carboxylic acids is 1. The van der Waals surface area contributed by atoms with Crippen molar-refractivity contribution in [2.45, 2.75) is 43.1 Å². The molecule has 1 saturated carbocycles. The molecule has 0 aliphatic heterocycles. The van der Waals surface area contributed by atoms with Crippen LogP contribution in [-0.2, 0) is 4.79 Å². The molecule has 1 atom stereocenters. The maximum Gasteiger partial charge on any atom is 0.233 e. The smallest absolute Gasteiger partial charge is 0.233 e. The minimum absolute atomic E-state index is 0.0641. The van der Waals surface area contributed by atoms with E-state index in [4.69, 9.17) is 0 Å². The summed E-state index contributed by atoms with van der Waals surface area (Å²) >= 11 is 1.40. The topological polar surface area (TPSA) is 66.9 Å². The predicted molar refractivity (Wildman–Crippen MR) is 90.2 cm³/mol. The summed E-state index contributed by atoms with van der Waals surface area (Å²) in [5.74, 6) is 0.889. The summed E-state index contributed by atoms with van der Waals surface area (Å²) < 4.78 is 0. The third-order valence-corrected chi connectivity index (χ3v) is 4.46. The molecule has 1 aliphatic rings. The number of rotatable bonds is 6. The molecule has 1 heterocycles. The third kappa shape index (κ3) is 3.50. The summed E-state index contributed by atoms with van der Waals surface area (Å²) in [5, 5.41) is 7.73. The summed E-state index contributed by atoms with van der Waals surface area (Å²) in [6.07, 6.45) is 2.19. The number of hydrogen-bond acceptors (Lipinski definition) is 5. The van der Waals surface area contributed by atoms with Crippen molar-refractivity contribution in [1.82, 2.24) is 15.3 Å². The highest BCUT2D eigenvalue weighted by atomic mass is 32.2. The zero-order valence-corrected chi connectivity index (χ0v) is 13.6. The van der Waals surface area contributed by atoms with E-state index in [-0.39, 0.29) is 11.2 Å². The Morgan fingerprint density at radius 1 is 1.36 bits per heavy atom. The first-order valence-electron chi connectivity index (χ1n) is 7.65. The van der Waals surface area contributed by atoms with E-state index in [0.717, 1.165) is 36.1 Å². The maximum atomic E-state index is 12.1. The van der Waals surface area contributed by atoms with Crippen molar-refractivity contribution in [3.05, 3.63) is 24.3 Å². The fourth-order valence-electron chi connectivity index (χ4n) is 2.17. The van der Waals surface area contributed by atoms with Crippen molar-refractivity contribution in [3.63, 3.8) is 0 Å². The minimum atomic E-state index is -0.198. The number of anilines is 1. The molecule has 6 heteroatoms. The Morgan fingerprint density at radius 2 is 2.14 bits per heavy atom. The molecular formula is C16H20N4OS. The zero-order valence-electron chi connectivity index (χ0n) is 12.8. The molecule has 0 radical (unpaired) electrons.